The largest absolute Gasteiger partial charge is 0.393 e. The summed E-state index contributed by atoms with van der Waals surface area (Å²) >= 11 is 0. The molecule has 9 nitrogen and oxygen atoms in total. The van der Waals surface area contributed by atoms with Gasteiger partial charge in [-0.15, -0.1) is 0 Å². The predicted molar refractivity (Wildman–Crippen MR) is 106 cm³/mol. The first-order valence-electron chi connectivity index (χ1n) is 9.14. The van der Waals surface area contributed by atoms with Crippen molar-refractivity contribution in [2.75, 3.05) is 35.6 Å². The van der Waals surface area contributed by atoms with Crippen LogP contribution in [0.1, 0.15) is 26.0 Å². The van der Waals surface area contributed by atoms with Crippen LogP contribution >= 0.6 is 0 Å². The molecule has 0 unspecified atom stereocenters. The highest BCUT2D eigenvalue weighted by molar-refractivity contribution is 5.68. The van der Waals surface area contributed by atoms with Gasteiger partial charge in [0.25, 0.3) is 5.69 Å². The summed E-state index contributed by atoms with van der Waals surface area (Å²) in [6, 6.07) is 6.95. The molecule has 2 heterocycles. The summed E-state index contributed by atoms with van der Waals surface area (Å²) in [7, 11) is 0. The average Bonchev–Trinajstić information content (AvgIpc) is 2.63. The van der Waals surface area contributed by atoms with E-state index in [1.807, 2.05) is 6.07 Å². The molecule has 3 rings (SSSR count). The molecule has 0 saturated carbocycles. The third kappa shape index (κ3) is 4.43. The lowest BCUT2D eigenvalue weighted by Gasteiger charge is -2.35. The van der Waals surface area contributed by atoms with Crippen molar-refractivity contribution in [3.63, 3.8) is 0 Å². The molecule has 144 valence electrons. The van der Waals surface area contributed by atoms with Gasteiger partial charge in [0.15, 0.2) is 0 Å². The van der Waals surface area contributed by atoms with E-state index >= 15 is 0 Å². The third-order valence-corrected chi connectivity index (χ3v) is 4.55. The Bertz CT molecular complexity index is 827. The highest BCUT2D eigenvalue weighted by atomic mass is 16.6. The second-order valence-electron chi connectivity index (χ2n) is 6.69. The van der Waals surface area contributed by atoms with Crippen molar-refractivity contribution in [1.29, 1.82) is 0 Å². The second-order valence-corrected chi connectivity index (χ2v) is 6.69. The van der Waals surface area contributed by atoms with Crippen LogP contribution in [0.4, 0.5) is 28.8 Å². The van der Waals surface area contributed by atoms with Gasteiger partial charge < -0.3 is 21.3 Å². The number of aryl methyl sites for hydroxylation is 1. The number of nitrogens with zero attached hydrogens (tertiary/aromatic N) is 4. The maximum absolute atomic E-state index is 11.1. The fourth-order valence-electron chi connectivity index (χ4n) is 3.16. The first kappa shape index (κ1) is 18.8. The molecule has 0 radical (unpaired) electrons. The molecule has 1 aliphatic rings. The minimum atomic E-state index is -0.497. The molecule has 1 saturated heterocycles. The SMILES string of the molecule is CCCc1cc(N2CCNC[C@H]2C)nc(Nc2ccc(N)c([N+](=O)[O-])c2)n1. The number of nitro benzene ring substituents is 1. The number of rotatable bonds is 6. The van der Waals surface area contributed by atoms with E-state index in [0.29, 0.717) is 17.7 Å². The van der Waals surface area contributed by atoms with Crippen LogP contribution in [0.2, 0.25) is 0 Å². The zero-order chi connectivity index (χ0) is 19.4. The van der Waals surface area contributed by atoms with Crippen molar-refractivity contribution in [1.82, 2.24) is 15.3 Å². The number of nitrogen functional groups attached to an aromatic ring is 1. The lowest BCUT2D eigenvalue weighted by molar-refractivity contribution is -0.383. The summed E-state index contributed by atoms with van der Waals surface area (Å²) in [6.07, 6.45) is 1.81. The topological polar surface area (TPSA) is 122 Å². The second kappa shape index (κ2) is 8.17. The fraction of sp³-hybridized carbons (Fsp3) is 0.444. The van der Waals surface area contributed by atoms with E-state index in [1.165, 1.54) is 12.1 Å². The number of hydrogen-bond acceptors (Lipinski definition) is 8. The minimum absolute atomic E-state index is 0.126. The van der Waals surface area contributed by atoms with Gasteiger partial charge in [-0.3, -0.25) is 10.1 Å². The van der Waals surface area contributed by atoms with Gasteiger partial charge in [0.2, 0.25) is 5.95 Å². The summed E-state index contributed by atoms with van der Waals surface area (Å²) in [5, 5.41) is 17.6. The quantitative estimate of drug-likeness (QED) is 0.402. The molecule has 9 heteroatoms. The molecule has 1 aromatic carbocycles. The van der Waals surface area contributed by atoms with Crippen LogP contribution in [-0.4, -0.2) is 40.6 Å². The van der Waals surface area contributed by atoms with Crippen LogP contribution in [0.15, 0.2) is 24.3 Å². The van der Waals surface area contributed by atoms with Crippen LogP contribution in [0.3, 0.4) is 0 Å². The molecule has 1 atom stereocenters. The average molecular weight is 371 g/mol. The third-order valence-electron chi connectivity index (χ3n) is 4.55. The molecular formula is C18H25N7O2. The fourth-order valence-corrected chi connectivity index (χ4v) is 3.16. The maximum Gasteiger partial charge on any atom is 0.294 e. The molecule has 4 N–H and O–H groups in total. The smallest absolute Gasteiger partial charge is 0.294 e. The molecule has 1 fully saturated rings. The zero-order valence-corrected chi connectivity index (χ0v) is 15.6. The normalized spacial score (nSPS) is 17.0. The zero-order valence-electron chi connectivity index (χ0n) is 15.6. The number of anilines is 4. The Kier molecular flexibility index (Phi) is 5.70. The first-order chi connectivity index (χ1) is 13.0. The molecule has 0 spiro atoms. The van der Waals surface area contributed by atoms with Crippen molar-refractivity contribution in [2.45, 2.75) is 32.7 Å². The van der Waals surface area contributed by atoms with Gasteiger partial charge in [0, 0.05) is 49.2 Å². The Labute approximate surface area is 158 Å². The molecule has 1 aliphatic heterocycles. The Morgan fingerprint density at radius 3 is 2.93 bits per heavy atom. The number of benzene rings is 1. The highest BCUT2D eigenvalue weighted by Crippen LogP contribution is 2.27. The van der Waals surface area contributed by atoms with E-state index in [2.05, 4.69) is 39.3 Å². The summed E-state index contributed by atoms with van der Waals surface area (Å²) < 4.78 is 0. The van der Waals surface area contributed by atoms with Gasteiger partial charge in [-0.2, -0.15) is 4.98 Å². The monoisotopic (exact) mass is 371 g/mol. The van der Waals surface area contributed by atoms with E-state index < -0.39 is 4.92 Å². The van der Waals surface area contributed by atoms with Crippen molar-refractivity contribution in [2.24, 2.45) is 0 Å². The van der Waals surface area contributed by atoms with Gasteiger partial charge in [0.05, 0.1) is 4.92 Å². The summed E-state index contributed by atoms with van der Waals surface area (Å²) in [4.78, 5) is 22.1. The lowest BCUT2D eigenvalue weighted by atomic mass is 10.2. The van der Waals surface area contributed by atoms with Crippen LogP contribution in [0.5, 0.6) is 0 Å². The standard InChI is InChI=1S/C18H25N7O2/c1-3-4-13-10-17(24-8-7-20-11-12(24)2)23-18(21-13)22-14-5-6-15(19)16(9-14)25(26)27/h5-6,9-10,12,20H,3-4,7-8,11,19H2,1-2H3,(H,21,22,23)/t12-/m1/s1. The van der Waals surface area contributed by atoms with Gasteiger partial charge >= 0.3 is 0 Å². The molecule has 0 bridgehead atoms. The number of hydrogen-bond donors (Lipinski definition) is 3. The minimum Gasteiger partial charge on any atom is -0.393 e. The molecule has 27 heavy (non-hydrogen) atoms. The first-order valence-corrected chi connectivity index (χ1v) is 9.14. The summed E-state index contributed by atoms with van der Waals surface area (Å²) in [5.41, 5.74) is 7.14. The van der Waals surface area contributed by atoms with Crippen molar-refractivity contribution >= 4 is 28.8 Å². The number of nitrogens with two attached hydrogens (primary N) is 1. The molecule has 0 aliphatic carbocycles. The van der Waals surface area contributed by atoms with Crippen molar-refractivity contribution in [3.05, 3.63) is 40.1 Å². The Morgan fingerprint density at radius 2 is 2.22 bits per heavy atom. The van der Waals surface area contributed by atoms with E-state index in [1.54, 1.807) is 6.07 Å². The molecule has 2 aromatic rings. The van der Waals surface area contributed by atoms with Crippen LogP contribution < -0.4 is 21.3 Å². The van der Waals surface area contributed by atoms with Crippen molar-refractivity contribution in [3.8, 4) is 0 Å². The summed E-state index contributed by atoms with van der Waals surface area (Å²) in [5.74, 6) is 1.30. The summed E-state index contributed by atoms with van der Waals surface area (Å²) in [6.45, 7) is 6.94. The molecule has 1 aromatic heterocycles. The predicted octanol–water partition coefficient (Wildman–Crippen LogP) is 2.46. The van der Waals surface area contributed by atoms with E-state index in [9.17, 15) is 10.1 Å². The Morgan fingerprint density at radius 1 is 1.41 bits per heavy atom. The van der Waals surface area contributed by atoms with Crippen LogP contribution in [0, 0.1) is 10.1 Å². The van der Waals surface area contributed by atoms with Gasteiger partial charge in [-0.05, 0) is 25.5 Å². The molecule has 0 amide bonds. The van der Waals surface area contributed by atoms with Gasteiger partial charge in [0.1, 0.15) is 11.5 Å². The van der Waals surface area contributed by atoms with E-state index in [4.69, 9.17) is 5.73 Å². The number of aromatic nitrogens is 2. The van der Waals surface area contributed by atoms with Crippen LogP contribution in [-0.2, 0) is 6.42 Å². The van der Waals surface area contributed by atoms with E-state index in [0.717, 1.165) is 44.0 Å². The maximum atomic E-state index is 11.1. The van der Waals surface area contributed by atoms with Gasteiger partial charge in [-0.1, -0.05) is 13.3 Å². The Balaban J connectivity index is 1.92. The Hall–Kier alpha value is -2.94. The number of piperazine rings is 1. The molecular weight excluding hydrogens is 346 g/mol. The highest BCUT2D eigenvalue weighted by Gasteiger charge is 2.21. The van der Waals surface area contributed by atoms with Gasteiger partial charge in [-0.25, -0.2) is 4.98 Å². The van der Waals surface area contributed by atoms with E-state index in [-0.39, 0.29) is 11.4 Å². The number of nitrogens with one attached hydrogen (secondary N) is 2. The number of nitro groups is 1. The lowest BCUT2D eigenvalue weighted by Crippen LogP contribution is -2.50. The van der Waals surface area contributed by atoms with Crippen molar-refractivity contribution < 1.29 is 4.92 Å². The van der Waals surface area contributed by atoms with Crippen LogP contribution in [0.25, 0.3) is 0 Å².